The van der Waals surface area contributed by atoms with Crippen LogP contribution in [0.25, 0.3) is 0 Å². The molecule has 2 N–H and O–H groups in total. The summed E-state index contributed by atoms with van der Waals surface area (Å²) in [7, 11) is 0. The van der Waals surface area contributed by atoms with Crippen LogP contribution < -0.4 is 15.4 Å². The molecule has 2 amide bonds. The summed E-state index contributed by atoms with van der Waals surface area (Å²) < 4.78 is 5.28. The number of rotatable bonds is 5. The molecule has 0 aliphatic carbocycles. The number of amides is 2. The minimum absolute atomic E-state index is 0.0892. The third kappa shape index (κ3) is 4.35. The molecular formula is C14H12ClN3O4. The van der Waals surface area contributed by atoms with Crippen molar-refractivity contribution in [1.29, 1.82) is 0 Å². The largest absolute Gasteiger partial charge is 0.473 e. The van der Waals surface area contributed by atoms with Crippen molar-refractivity contribution >= 4 is 29.0 Å². The minimum Gasteiger partial charge on any atom is -0.473 e. The molecule has 7 nitrogen and oxygen atoms in total. The monoisotopic (exact) mass is 321 g/mol. The van der Waals surface area contributed by atoms with Crippen molar-refractivity contribution in [3.8, 4) is 5.75 Å². The first-order chi connectivity index (χ1) is 10.6. The second-order valence-corrected chi connectivity index (χ2v) is 4.58. The number of nitro benzene ring substituents is 1. The molecule has 0 spiro atoms. The number of nitrogens with one attached hydrogen (secondary N) is 2. The van der Waals surface area contributed by atoms with Crippen molar-refractivity contribution in [2.75, 3.05) is 12.0 Å². The topological polar surface area (TPSA) is 93.5 Å². The van der Waals surface area contributed by atoms with Gasteiger partial charge in [0.05, 0.1) is 4.92 Å². The molecule has 0 saturated heterocycles. The zero-order chi connectivity index (χ0) is 15.9. The lowest BCUT2D eigenvalue weighted by Crippen LogP contribution is -2.32. The quantitative estimate of drug-likeness (QED) is 0.501. The van der Waals surface area contributed by atoms with E-state index in [4.69, 9.17) is 16.3 Å². The number of carbonyl (C=O) groups excluding carboxylic acids is 1. The van der Waals surface area contributed by atoms with E-state index in [0.29, 0.717) is 10.8 Å². The van der Waals surface area contributed by atoms with E-state index in [1.54, 1.807) is 30.3 Å². The fourth-order valence-electron chi connectivity index (χ4n) is 1.62. The van der Waals surface area contributed by atoms with E-state index >= 15 is 0 Å². The van der Waals surface area contributed by atoms with E-state index < -0.39 is 11.0 Å². The molecule has 2 aromatic rings. The van der Waals surface area contributed by atoms with Crippen LogP contribution in [0.2, 0.25) is 5.02 Å². The Morgan fingerprint density at radius 1 is 1.18 bits per heavy atom. The van der Waals surface area contributed by atoms with Gasteiger partial charge in [0.15, 0.2) is 6.73 Å². The Bertz CT molecular complexity index is 676. The molecule has 0 fully saturated rings. The van der Waals surface area contributed by atoms with Gasteiger partial charge in [0, 0.05) is 11.1 Å². The molecule has 0 aliphatic heterocycles. The number of hydrogen-bond donors (Lipinski definition) is 2. The summed E-state index contributed by atoms with van der Waals surface area (Å²) in [5, 5.41) is 16.2. The van der Waals surface area contributed by atoms with Crippen molar-refractivity contribution in [1.82, 2.24) is 5.32 Å². The van der Waals surface area contributed by atoms with Gasteiger partial charge in [-0.25, -0.2) is 4.79 Å². The van der Waals surface area contributed by atoms with Crippen molar-refractivity contribution < 1.29 is 14.5 Å². The van der Waals surface area contributed by atoms with Gasteiger partial charge in [-0.3, -0.25) is 10.1 Å². The number of hydrogen-bond acceptors (Lipinski definition) is 4. The van der Waals surface area contributed by atoms with Gasteiger partial charge in [0.1, 0.15) is 11.4 Å². The number of ether oxygens (including phenoxy) is 1. The third-order valence-corrected chi connectivity index (χ3v) is 2.89. The van der Waals surface area contributed by atoms with E-state index in [1.165, 1.54) is 18.2 Å². The van der Waals surface area contributed by atoms with Gasteiger partial charge >= 0.3 is 6.03 Å². The van der Waals surface area contributed by atoms with Gasteiger partial charge in [0.25, 0.3) is 5.69 Å². The van der Waals surface area contributed by atoms with Crippen LogP contribution in [-0.4, -0.2) is 17.7 Å². The van der Waals surface area contributed by atoms with E-state index in [1.807, 2.05) is 0 Å². The van der Waals surface area contributed by atoms with Gasteiger partial charge < -0.3 is 15.4 Å². The average Bonchev–Trinajstić information content (AvgIpc) is 2.49. The van der Waals surface area contributed by atoms with Gasteiger partial charge in [-0.2, -0.15) is 0 Å². The maximum atomic E-state index is 11.7. The van der Waals surface area contributed by atoms with Crippen LogP contribution in [0.5, 0.6) is 5.75 Å². The van der Waals surface area contributed by atoms with Crippen molar-refractivity contribution in [3.05, 3.63) is 63.7 Å². The summed E-state index contributed by atoms with van der Waals surface area (Å²) in [6.07, 6.45) is 0. The maximum Gasteiger partial charge on any atom is 0.322 e. The van der Waals surface area contributed by atoms with Gasteiger partial charge in [-0.05, 0) is 30.3 Å². The van der Waals surface area contributed by atoms with Gasteiger partial charge in [-0.1, -0.05) is 23.7 Å². The number of carbonyl (C=O) groups is 1. The Labute approximate surface area is 131 Å². The molecule has 0 heterocycles. The molecule has 0 bridgehead atoms. The number of para-hydroxylation sites is 2. The SMILES string of the molecule is O=C(NCOc1ccc(Cl)cc1)Nc1ccccc1[N+](=O)[O-]. The molecule has 0 atom stereocenters. The normalized spacial score (nSPS) is 9.86. The van der Waals surface area contributed by atoms with E-state index in [0.717, 1.165) is 0 Å². The molecule has 0 radical (unpaired) electrons. The molecule has 114 valence electrons. The Kier molecular flexibility index (Phi) is 5.16. The molecule has 22 heavy (non-hydrogen) atoms. The van der Waals surface area contributed by atoms with Crippen LogP contribution in [0, 0.1) is 10.1 Å². The summed E-state index contributed by atoms with van der Waals surface area (Å²) in [6.45, 7) is -0.0892. The van der Waals surface area contributed by atoms with Gasteiger partial charge in [0.2, 0.25) is 0 Å². The molecule has 0 saturated carbocycles. The van der Waals surface area contributed by atoms with Crippen LogP contribution in [0.4, 0.5) is 16.2 Å². The lowest BCUT2D eigenvalue weighted by molar-refractivity contribution is -0.383. The van der Waals surface area contributed by atoms with Gasteiger partial charge in [-0.15, -0.1) is 0 Å². The molecular weight excluding hydrogens is 310 g/mol. The summed E-state index contributed by atoms with van der Waals surface area (Å²) in [5.74, 6) is 0.537. The predicted molar refractivity (Wildman–Crippen MR) is 82.2 cm³/mol. The zero-order valence-electron chi connectivity index (χ0n) is 11.3. The summed E-state index contributed by atoms with van der Waals surface area (Å²) >= 11 is 5.74. The van der Waals surface area contributed by atoms with E-state index in [-0.39, 0.29) is 18.1 Å². The highest BCUT2D eigenvalue weighted by Crippen LogP contribution is 2.22. The summed E-state index contributed by atoms with van der Waals surface area (Å²) in [6, 6.07) is 11.9. The van der Waals surface area contributed by atoms with Crippen molar-refractivity contribution in [3.63, 3.8) is 0 Å². The highest BCUT2D eigenvalue weighted by atomic mass is 35.5. The fourth-order valence-corrected chi connectivity index (χ4v) is 1.75. The number of anilines is 1. The lowest BCUT2D eigenvalue weighted by atomic mass is 10.3. The first kappa shape index (κ1) is 15.6. The standard InChI is InChI=1S/C14H12ClN3O4/c15-10-5-7-11(8-6-10)22-9-16-14(19)17-12-3-1-2-4-13(12)18(20)21/h1-8H,9H2,(H2,16,17,19). The molecule has 0 aliphatic rings. The first-order valence-corrected chi connectivity index (χ1v) is 6.60. The van der Waals surface area contributed by atoms with Crippen molar-refractivity contribution in [2.45, 2.75) is 0 Å². The second-order valence-electron chi connectivity index (χ2n) is 4.15. The number of halogens is 1. The Hall–Kier alpha value is -2.80. The van der Waals surface area contributed by atoms with E-state index in [2.05, 4.69) is 10.6 Å². The highest BCUT2D eigenvalue weighted by molar-refractivity contribution is 6.30. The third-order valence-electron chi connectivity index (χ3n) is 2.63. The van der Waals surface area contributed by atoms with Crippen LogP contribution in [-0.2, 0) is 0 Å². The first-order valence-electron chi connectivity index (χ1n) is 6.23. The predicted octanol–water partition coefficient (Wildman–Crippen LogP) is 3.41. The van der Waals surface area contributed by atoms with Crippen LogP contribution in [0.15, 0.2) is 48.5 Å². The molecule has 0 unspecified atom stereocenters. The highest BCUT2D eigenvalue weighted by Gasteiger charge is 2.14. The lowest BCUT2D eigenvalue weighted by Gasteiger charge is -2.09. The molecule has 2 aromatic carbocycles. The van der Waals surface area contributed by atoms with Crippen molar-refractivity contribution in [2.24, 2.45) is 0 Å². The number of nitro groups is 1. The average molecular weight is 322 g/mol. The molecule has 0 aromatic heterocycles. The number of benzene rings is 2. The molecule has 2 rings (SSSR count). The van der Waals surface area contributed by atoms with Crippen LogP contribution in [0.3, 0.4) is 0 Å². The minimum atomic E-state index is -0.608. The fraction of sp³-hybridized carbons (Fsp3) is 0.0714. The second kappa shape index (κ2) is 7.28. The Balaban J connectivity index is 1.86. The zero-order valence-corrected chi connectivity index (χ0v) is 12.0. The maximum absolute atomic E-state index is 11.7. The van der Waals surface area contributed by atoms with Crippen LogP contribution in [0.1, 0.15) is 0 Å². The van der Waals surface area contributed by atoms with Crippen LogP contribution >= 0.6 is 11.6 Å². The Morgan fingerprint density at radius 3 is 2.55 bits per heavy atom. The van der Waals surface area contributed by atoms with E-state index in [9.17, 15) is 14.9 Å². The number of nitrogens with zero attached hydrogens (tertiary/aromatic N) is 1. The summed E-state index contributed by atoms with van der Waals surface area (Å²) in [4.78, 5) is 21.9. The summed E-state index contributed by atoms with van der Waals surface area (Å²) in [5.41, 5.74) is -0.0761. The number of urea groups is 1. The Morgan fingerprint density at radius 2 is 1.86 bits per heavy atom. The molecule has 8 heteroatoms. The smallest absolute Gasteiger partial charge is 0.322 e.